The van der Waals surface area contributed by atoms with E-state index in [9.17, 15) is 0 Å². The molecule has 2 N–H and O–H groups in total. The Balaban J connectivity index is 1.82. The third kappa shape index (κ3) is 5.66. The van der Waals surface area contributed by atoms with Gasteiger partial charge >= 0.3 is 0 Å². The number of nitrogens with one attached hydrogen (secondary N) is 2. The first kappa shape index (κ1) is 18.6. The van der Waals surface area contributed by atoms with Gasteiger partial charge in [-0.25, -0.2) is 0 Å². The number of hydrogen-bond acceptors (Lipinski definition) is 2. The smallest absolute Gasteiger partial charge is 0.191 e. The first-order valence-corrected chi connectivity index (χ1v) is 9.81. The van der Waals surface area contributed by atoms with E-state index in [0.717, 1.165) is 37.4 Å². The van der Waals surface area contributed by atoms with Crippen LogP contribution in [0.25, 0.3) is 0 Å². The average Bonchev–Trinajstić information content (AvgIpc) is 2.94. The minimum Gasteiger partial charge on any atom is -0.357 e. The highest BCUT2D eigenvalue weighted by molar-refractivity contribution is 5.79. The number of hydrogen-bond donors (Lipinski definition) is 2. The third-order valence-electron chi connectivity index (χ3n) is 5.55. The van der Waals surface area contributed by atoms with Crippen LogP contribution in [0.3, 0.4) is 0 Å². The molecule has 1 aliphatic heterocycles. The summed E-state index contributed by atoms with van der Waals surface area (Å²) >= 11 is 0. The molecule has 23 heavy (non-hydrogen) atoms. The van der Waals surface area contributed by atoms with Gasteiger partial charge in [0.15, 0.2) is 5.96 Å². The van der Waals surface area contributed by atoms with E-state index in [2.05, 4.69) is 43.2 Å². The van der Waals surface area contributed by atoms with Crippen molar-refractivity contribution in [3.8, 4) is 0 Å². The number of guanidine groups is 1. The summed E-state index contributed by atoms with van der Waals surface area (Å²) in [5.41, 5.74) is 0.489. The molecule has 2 rings (SSSR count). The Morgan fingerprint density at radius 3 is 2.57 bits per heavy atom. The van der Waals surface area contributed by atoms with Crippen molar-refractivity contribution in [2.24, 2.45) is 22.2 Å². The van der Waals surface area contributed by atoms with Gasteiger partial charge in [-0.2, -0.15) is 0 Å². The molecule has 4 nitrogen and oxygen atoms in total. The zero-order valence-corrected chi connectivity index (χ0v) is 15.8. The lowest BCUT2D eigenvalue weighted by Gasteiger charge is -2.42. The van der Waals surface area contributed by atoms with Gasteiger partial charge in [-0.1, -0.05) is 27.2 Å². The lowest BCUT2D eigenvalue weighted by molar-refractivity contribution is 0.111. The molecule has 0 aromatic heterocycles. The first-order chi connectivity index (χ1) is 11.1. The van der Waals surface area contributed by atoms with Crippen molar-refractivity contribution in [2.45, 2.75) is 59.8 Å². The normalized spacial score (nSPS) is 24.7. The van der Waals surface area contributed by atoms with Gasteiger partial charge in [0, 0.05) is 26.2 Å². The maximum absolute atomic E-state index is 4.94. The monoisotopic (exact) mass is 322 g/mol. The van der Waals surface area contributed by atoms with Gasteiger partial charge in [-0.15, -0.1) is 0 Å². The molecule has 0 aromatic carbocycles. The van der Waals surface area contributed by atoms with E-state index in [-0.39, 0.29) is 0 Å². The predicted octanol–water partition coefficient (Wildman–Crippen LogP) is 3.10. The maximum Gasteiger partial charge on any atom is 0.191 e. The Labute approximate surface area is 143 Å². The minimum atomic E-state index is 0.489. The van der Waals surface area contributed by atoms with Crippen LogP contribution in [0.1, 0.15) is 59.8 Å². The fraction of sp³-hybridized carbons (Fsp3) is 0.947. The topological polar surface area (TPSA) is 39.7 Å². The van der Waals surface area contributed by atoms with E-state index >= 15 is 0 Å². The molecule has 0 spiro atoms. The van der Waals surface area contributed by atoms with Crippen molar-refractivity contribution in [2.75, 3.05) is 39.3 Å². The second kappa shape index (κ2) is 8.91. The lowest BCUT2D eigenvalue weighted by atomic mass is 9.64. The van der Waals surface area contributed by atoms with Crippen LogP contribution >= 0.6 is 0 Å². The number of aliphatic imine (C=N–C) groups is 1. The van der Waals surface area contributed by atoms with E-state index in [1.165, 1.54) is 51.7 Å². The molecule has 4 heteroatoms. The Morgan fingerprint density at radius 2 is 2.04 bits per heavy atom. The van der Waals surface area contributed by atoms with Crippen LogP contribution in [0.2, 0.25) is 0 Å². The second-order valence-electron chi connectivity index (χ2n) is 8.08. The van der Waals surface area contributed by atoms with Gasteiger partial charge in [-0.3, -0.25) is 4.99 Å². The minimum absolute atomic E-state index is 0.489. The molecule has 134 valence electrons. The van der Waals surface area contributed by atoms with E-state index in [1.807, 2.05) is 0 Å². The van der Waals surface area contributed by atoms with Crippen LogP contribution in [0, 0.1) is 17.3 Å². The van der Waals surface area contributed by atoms with Gasteiger partial charge in [-0.05, 0) is 62.9 Å². The second-order valence-corrected chi connectivity index (χ2v) is 8.08. The molecule has 1 heterocycles. The fourth-order valence-electron chi connectivity index (χ4n) is 4.17. The third-order valence-corrected chi connectivity index (χ3v) is 5.55. The molecule has 1 aliphatic carbocycles. The van der Waals surface area contributed by atoms with Crippen molar-refractivity contribution in [1.82, 2.24) is 15.5 Å². The van der Waals surface area contributed by atoms with E-state index in [1.54, 1.807) is 0 Å². The molecule has 0 bridgehead atoms. The highest BCUT2D eigenvalue weighted by Crippen LogP contribution is 2.46. The summed E-state index contributed by atoms with van der Waals surface area (Å²) in [7, 11) is 0. The summed E-state index contributed by atoms with van der Waals surface area (Å²) in [5, 5.41) is 7.02. The Morgan fingerprint density at radius 1 is 1.26 bits per heavy atom. The quantitative estimate of drug-likeness (QED) is 0.533. The number of nitrogens with zero attached hydrogens (tertiary/aromatic N) is 2. The number of rotatable bonds is 8. The van der Waals surface area contributed by atoms with Crippen molar-refractivity contribution < 1.29 is 0 Å². The van der Waals surface area contributed by atoms with Gasteiger partial charge in [0.25, 0.3) is 0 Å². The first-order valence-electron chi connectivity index (χ1n) is 9.81. The van der Waals surface area contributed by atoms with Crippen LogP contribution < -0.4 is 10.6 Å². The molecule has 0 radical (unpaired) electrons. The Bertz CT molecular complexity index is 374. The van der Waals surface area contributed by atoms with Crippen molar-refractivity contribution >= 4 is 5.96 Å². The summed E-state index contributed by atoms with van der Waals surface area (Å²) in [6, 6.07) is 0. The molecule has 1 unspecified atom stereocenters. The highest BCUT2D eigenvalue weighted by atomic mass is 15.2. The van der Waals surface area contributed by atoms with Crippen LogP contribution in [0.15, 0.2) is 4.99 Å². The Kier molecular flexibility index (Phi) is 7.19. The van der Waals surface area contributed by atoms with E-state index < -0.39 is 0 Å². The highest BCUT2D eigenvalue weighted by Gasteiger charge is 2.37. The van der Waals surface area contributed by atoms with Gasteiger partial charge in [0.2, 0.25) is 0 Å². The maximum atomic E-state index is 4.94. The summed E-state index contributed by atoms with van der Waals surface area (Å²) in [4.78, 5) is 7.49. The van der Waals surface area contributed by atoms with Crippen LogP contribution in [0.4, 0.5) is 0 Å². The molecule has 1 atom stereocenters. The number of likely N-dealkylation sites (tertiary alicyclic amines) is 1. The van der Waals surface area contributed by atoms with Gasteiger partial charge < -0.3 is 15.5 Å². The average molecular weight is 323 g/mol. The van der Waals surface area contributed by atoms with Gasteiger partial charge in [0.1, 0.15) is 0 Å². The van der Waals surface area contributed by atoms with Crippen LogP contribution in [0.5, 0.6) is 0 Å². The predicted molar refractivity (Wildman–Crippen MR) is 99.9 cm³/mol. The molecule has 0 aromatic rings. The van der Waals surface area contributed by atoms with E-state index in [4.69, 9.17) is 4.99 Å². The standard InChI is InChI=1S/C19H38N4/c1-5-20-18(21-13-17-8-11-23(6-2)14-17)22-15-19(9-7-10-19)12-16(3)4/h16-17H,5-15H2,1-4H3,(H2,20,21,22). The van der Waals surface area contributed by atoms with Crippen molar-refractivity contribution in [1.29, 1.82) is 0 Å². The summed E-state index contributed by atoms with van der Waals surface area (Å²) in [5.74, 6) is 2.57. The molecular formula is C19H38N4. The molecule has 1 saturated carbocycles. The van der Waals surface area contributed by atoms with Crippen molar-refractivity contribution in [3.05, 3.63) is 0 Å². The van der Waals surface area contributed by atoms with Crippen molar-refractivity contribution in [3.63, 3.8) is 0 Å². The molecule has 1 saturated heterocycles. The molecule has 0 amide bonds. The largest absolute Gasteiger partial charge is 0.357 e. The fourth-order valence-corrected chi connectivity index (χ4v) is 4.17. The summed E-state index contributed by atoms with van der Waals surface area (Å²) in [6.45, 7) is 15.8. The SMILES string of the molecule is CCNC(=NCC1(CC(C)C)CCC1)NCC1CCN(CC)C1. The Hall–Kier alpha value is -0.770. The lowest BCUT2D eigenvalue weighted by Crippen LogP contribution is -2.42. The molecule has 2 fully saturated rings. The van der Waals surface area contributed by atoms with Crippen LogP contribution in [-0.4, -0.2) is 50.1 Å². The summed E-state index contributed by atoms with van der Waals surface area (Å²) in [6.07, 6.45) is 6.76. The van der Waals surface area contributed by atoms with Gasteiger partial charge in [0.05, 0.1) is 0 Å². The molecular weight excluding hydrogens is 284 g/mol. The zero-order chi connectivity index (χ0) is 16.7. The van der Waals surface area contributed by atoms with E-state index in [0.29, 0.717) is 5.41 Å². The van der Waals surface area contributed by atoms with Crippen LogP contribution in [-0.2, 0) is 0 Å². The zero-order valence-electron chi connectivity index (χ0n) is 15.8. The molecule has 2 aliphatic rings. The summed E-state index contributed by atoms with van der Waals surface area (Å²) < 4.78 is 0.